The number of aliphatic hydroxyl groups is 1. The zero-order chi connectivity index (χ0) is 11.9. The third-order valence-corrected chi connectivity index (χ3v) is 3.16. The van der Waals surface area contributed by atoms with Crippen LogP contribution in [0.5, 0.6) is 0 Å². The summed E-state index contributed by atoms with van der Waals surface area (Å²) < 4.78 is 0. The molecule has 0 aromatic carbocycles. The molecular weight excluding hydrogens is 200 g/mol. The second-order valence-corrected chi connectivity index (χ2v) is 4.56. The Labute approximate surface area is 98.1 Å². The fourth-order valence-electron chi connectivity index (χ4n) is 2.07. The van der Waals surface area contributed by atoms with E-state index in [-0.39, 0.29) is 5.78 Å². The van der Waals surface area contributed by atoms with Gasteiger partial charge in [0, 0.05) is 12.8 Å². The molecule has 90 valence electrons. The van der Waals surface area contributed by atoms with Gasteiger partial charge in [0.15, 0.2) is 5.78 Å². The van der Waals surface area contributed by atoms with E-state index in [1.165, 1.54) is 0 Å². The van der Waals surface area contributed by atoms with Gasteiger partial charge in [-0.05, 0) is 38.5 Å². The minimum atomic E-state index is -1.06. The van der Waals surface area contributed by atoms with Crippen LogP contribution in [0.4, 0.5) is 0 Å². The van der Waals surface area contributed by atoms with Crippen molar-refractivity contribution in [2.24, 2.45) is 0 Å². The van der Waals surface area contributed by atoms with Crippen LogP contribution in [0.15, 0.2) is 24.8 Å². The third-order valence-electron chi connectivity index (χ3n) is 3.16. The summed E-state index contributed by atoms with van der Waals surface area (Å²) in [6.07, 6.45) is 12.6. The van der Waals surface area contributed by atoms with Crippen molar-refractivity contribution in [2.45, 2.75) is 57.0 Å². The van der Waals surface area contributed by atoms with Crippen LogP contribution < -0.4 is 0 Å². The number of carbonyl (C=O) groups excluding carboxylic acids is 1. The number of Topliss-reactive ketones (excluding diaryl/α,β-unsaturated/α-hetero) is 1. The van der Waals surface area contributed by atoms with Gasteiger partial charge in [-0.25, -0.2) is 0 Å². The lowest BCUT2D eigenvalue weighted by Gasteiger charge is -2.29. The van der Waals surface area contributed by atoms with Crippen LogP contribution in [0.2, 0.25) is 0 Å². The van der Waals surface area contributed by atoms with E-state index < -0.39 is 5.60 Å². The van der Waals surface area contributed by atoms with Crippen molar-refractivity contribution < 1.29 is 9.90 Å². The second kappa shape index (κ2) is 6.64. The summed E-state index contributed by atoms with van der Waals surface area (Å²) in [4.78, 5) is 11.6. The number of allylic oxidation sites excluding steroid dienone is 2. The average Bonchev–Trinajstić information content (AvgIpc) is 2.28. The average molecular weight is 222 g/mol. The van der Waals surface area contributed by atoms with Gasteiger partial charge in [-0.2, -0.15) is 0 Å². The van der Waals surface area contributed by atoms with Gasteiger partial charge in [-0.3, -0.25) is 4.79 Å². The Balaban J connectivity index is 2.29. The van der Waals surface area contributed by atoms with E-state index >= 15 is 0 Å². The molecule has 1 saturated carbocycles. The molecule has 0 aliphatic heterocycles. The monoisotopic (exact) mass is 222 g/mol. The molecule has 0 amide bonds. The minimum Gasteiger partial charge on any atom is -0.382 e. The molecule has 16 heavy (non-hydrogen) atoms. The van der Waals surface area contributed by atoms with Gasteiger partial charge in [0.05, 0.1) is 0 Å². The number of ketones is 1. The van der Waals surface area contributed by atoms with Crippen molar-refractivity contribution in [3.63, 3.8) is 0 Å². The van der Waals surface area contributed by atoms with E-state index in [1.807, 2.05) is 12.2 Å². The Morgan fingerprint density at radius 3 is 2.81 bits per heavy atom. The van der Waals surface area contributed by atoms with E-state index in [0.29, 0.717) is 19.3 Å². The van der Waals surface area contributed by atoms with Crippen LogP contribution in [0.25, 0.3) is 0 Å². The topological polar surface area (TPSA) is 37.3 Å². The smallest absolute Gasteiger partial charge is 0.164 e. The first-order valence-corrected chi connectivity index (χ1v) is 6.20. The van der Waals surface area contributed by atoms with Crippen LogP contribution in [-0.2, 0) is 4.79 Å². The molecule has 0 heterocycles. The third kappa shape index (κ3) is 3.93. The van der Waals surface area contributed by atoms with Crippen molar-refractivity contribution in [1.29, 1.82) is 0 Å². The summed E-state index contributed by atoms with van der Waals surface area (Å²) in [5.74, 6) is 0.0227. The molecular formula is C14H22O2. The molecule has 1 rings (SSSR count). The lowest BCUT2D eigenvalue weighted by molar-refractivity contribution is -0.140. The summed E-state index contributed by atoms with van der Waals surface area (Å²) >= 11 is 0. The molecule has 0 radical (unpaired) electrons. The maximum atomic E-state index is 11.6. The van der Waals surface area contributed by atoms with Crippen LogP contribution in [-0.4, -0.2) is 16.5 Å². The van der Waals surface area contributed by atoms with Crippen LogP contribution in [0.3, 0.4) is 0 Å². The van der Waals surface area contributed by atoms with Gasteiger partial charge in [-0.15, -0.1) is 6.58 Å². The predicted molar refractivity (Wildman–Crippen MR) is 66.2 cm³/mol. The van der Waals surface area contributed by atoms with Crippen molar-refractivity contribution >= 4 is 5.78 Å². The summed E-state index contributed by atoms with van der Waals surface area (Å²) in [5.41, 5.74) is -1.06. The Morgan fingerprint density at radius 1 is 1.31 bits per heavy atom. The standard InChI is InChI=1S/C14H22O2/c1-2-3-4-5-6-8-11-14(16)12-9-7-10-13(14)15/h2,6,8,16H,1,3-5,7,9-12H2/b8-6+. The van der Waals surface area contributed by atoms with Gasteiger partial charge < -0.3 is 5.11 Å². The second-order valence-electron chi connectivity index (χ2n) is 4.56. The quantitative estimate of drug-likeness (QED) is 0.553. The first-order chi connectivity index (χ1) is 7.69. The van der Waals surface area contributed by atoms with Crippen LogP contribution in [0, 0.1) is 0 Å². The highest BCUT2D eigenvalue weighted by atomic mass is 16.3. The molecule has 1 N–H and O–H groups in total. The molecule has 1 atom stereocenters. The summed E-state index contributed by atoms with van der Waals surface area (Å²) in [6, 6.07) is 0. The Kier molecular flexibility index (Phi) is 5.47. The zero-order valence-electron chi connectivity index (χ0n) is 9.95. The number of carbonyl (C=O) groups is 1. The van der Waals surface area contributed by atoms with Gasteiger partial charge in [-0.1, -0.05) is 18.2 Å². The van der Waals surface area contributed by atoms with E-state index in [1.54, 1.807) is 0 Å². The van der Waals surface area contributed by atoms with Gasteiger partial charge in [0.1, 0.15) is 5.60 Å². The summed E-state index contributed by atoms with van der Waals surface area (Å²) in [5, 5.41) is 10.1. The number of unbranched alkanes of at least 4 members (excludes halogenated alkanes) is 2. The first-order valence-electron chi connectivity index (χ1n) is 6.20. The van der Waals surface area contributed by atoms with Crippen molar-refractivity contribution in [1.82, 2.24) is 0 Å². The van der Waals surface area contributed by atoms with E-state index in [9.17, 15) is 9.90 Å². The molecule has 0 aromatic rings. The van der Waals surface area contributed by atoms with Crippen molar-refractivity contribution in [3.8, 4) is 0 Å². The van der Waals surface area contributed by atoms with Crippen molar-refractivity contribution in [2.75, 3.05) is 0 Å². The number of rotatable bonds is 6. The fraction of sp³-hybridized carbons (Fsp3) is 0.643. The number of hydrogen-bond acceptors (Lipinski definition) is 2. The lowest BCUT2D eigenvalue weighted by atomic mass is 9.81. The predicted octanol–water partition coefficient (Wildman–Crippen LogP) is 3.16. The molecule has 1 aliphatic carbocycles. The summed E-state index contributed by atoms with van der Waals surface area (Å²) in [7, 11) is 0. The van der Waals surface area contributed by atoms with E-state index in [4.69, 9.17) is 0 Å². The lowest BCUT2D eigenvalue weighted by Crippen LogP contribution is -2.40. The minimum absolute atomic E-state index is 0.0227. The molecule has 0 bridgehead atoms. The maximum Gasteiger partial charge on any atom is 0.164 e. The highest BCUT2D eigenvalue weighted by molar-refractivity contribution is 5.87. The highest BCUT2D eigenvalue weighted by Crippen LogP contribution is 2.28. The van der Waals surface area contributed by atoms with Crippen LogP contribution in [0.1, 0.15) is 51.4 Å². The zero-order valence-corrected chi connectivity index (χ0v) is 9.95. The molecule has 1 aliphatic rings. The van der Waals surface area contributed by atoms with Crippen LogP contribution >= 0.6 is 0 Å². The SMILES string of the molecule is C=CCCC/C=C/CC1(O)CCCCC1=O. The molecule has 2 nitrogen and oxygen atoms in total. The van der Waals surface area contributed by atoms with Gasteiger partial charge in [0.25, 0.3) is 0 Å². The van der Waals surface area contributed by atoms with Crippen molar-refractivity contribution in [3.05, 3.63) is 24.8 Å². The Bertz CT molecular complexity index is 268. The molecule has 1 unspecified atom stereocenters. The molecule has 0 saturated heterocycles. The normalized spacial score (nSPS) is 26.2. The first kappa shape index (κ1) is 13.2. The molecule has 0 spiro atoms. The maximum absolute atomic E-state index is 11.6. The van der Waals surface area contributed by atoms with E-state index in [0.717, 1.165) is 32.1 Å². The highest BCUT2D eigenvalue weighted by Gasteiger charge is 2.35. The molecule has 2 heteroatoms. The van der Waals surface area contributed by atoms with Gasteiger partial charge in [0.2, 0.25) is 0 Å². The number of hydrogen-bond donors (Lipinski definition) is 1. The molecule has 1 fully saturated rings. The Morgan fingerprint density at radius 2 is 2.12 bits per heavy atom. The Hall–Kier alpha value is -0.890. The largest absolute Gasteiger partial charge is 0.382 e. The summed E-state index contributed by atoms with van der Waals surface area (Å²) in [6.45, 7) is 3.66. The van der Waals surface area contributed by atoms with Gasteiger partial charge >= 0.3 is 0 Å². The van der Waals surface area contributed by atoms with E-state index in [2.05, 4.69) is 12.7 Å². The molecule has 0 aromatic heterocycles. The fourth-order valence-corrected chi connectivity index (χ4v) is 2.07.